The summed E-state index contributed by atoms with van der Waals surface area (Å²) in [6, 6.07) is 0. The van der Waals surface area contributed by atoms with Crippen molar-refractivity contribution in [3.05, 3.63) is 0 Å². The molecule has 0 radical (unpaired) electrons. The van der Waals surface area contributed by atoms with Gasteiger partial charge in [0.2, 0.25) is 0 Å². The van der Waals surface area contributed by atoms with Crippen LogP contribution in [0.25, 0.3) is 0 Å². The first kappa shape index (κ1) is 40.0. The van der Waals surface area contributed by atoms with Crippen molar-refractivity contribution >= 4 is 0 Å². The fraction of sp³-hybridized carbons (Fsp3) is 1.00. The Morgan fingerprint density at radius 1 is 0.333 bits per heavy atom. The van der Waals surface area contributed by atoms with Crippen molar-refractivity contribution in [1.29, 1.82) is 0 Å². The number of hydrogen-bond acceptors (Lipinski definition) is 4. The second-order valence-corrected chi connectivity index (χ2v) is 9.41. The largest absolute Gasteiger partial charge is 0.307 e. The molecule has 4 nitrogen and oxygen atoms in total. The van der Waals surface area contributed by atoms with Gasteiger partial charge in [0.05, 0.1) is 0 Å². The Bertz CT molecular complexity index is 247. The van der Waals surface area contributed by atoms with Crippen molar-refractivity contribution in [1.82, 2.24) is 19.6 Å². The van der Waals surface area contributed by atoms with Crippen LogP contribution >= 0.6 is 0 Å². The number of hydrogen-bond donors (Lipinski definition) is 0. The van der Waals surface area contributed by atoms with Gasteiger partial charge in [-0.3, -0.25) is 0 Å². The Kier molecular flexibility index (Phi) is 44.2. The van der Waals surface area contributed by atoms with Gasteiger partial charge in [0.15, 0.2) is 0 Å². The number of unbranched alkanes of at least 4 members (excludes halogenated alkanes) is 5. The van der Waals surface area contributed by atoms with Gasteiger partial charge in [0, 0.05) is 0 Å². The van der Waals surface area contributed by atoms with Crippen LogP contribution in [0.4, 0.5) is 0 Å². The van der Waals surface area contributed by atoms with E-state index >= 15 is 0 Å². The second-order valence-electron chi connectivity index (χ2n) is 9.41. The summed E-state index contributed by atoms with van der Waals surface area (Å²) < 4.78 is 0. The van der Waals surface area contributed by atoms with Crippen molar-refractivity contribution in [2.75, 3.05) is 80.5 Å². The van der Waals surface area contributed by atoms with Gasteiger partial charge in [-0.05, 0) is 106 Å². The third-order valence-corrected chi connectivity index (χ3v) is 5.78. The summed E-state index contributed by atoms with van der Waals surface area (Å²) in [6.45, 7) is 27.2. The summed E-state index contributed by atoms with van der Waals surface area (Å²) in [5.74, 6) is 0. The molecule has 0 fully saturated rings. The van der Waals surface area contributed by atoms with Crippen molar-refractivity contribution in [3.63, 3.8) is 0 Å². The first-order chi connectivity index (χ1) is 15.7. The van der Waals surface area contributed by atoms with E-state index in [4.69, 9.17) is 0 Å². The minimum atomic E-state index is 1.17. The predicted molar refractivity (Wildman–Crippen MR) is 157 cm³/mol. The van der Waals surface area contributed by atoms with Crippen LogP contribution in [0.15, 0.2) is 0 Å². The lowest BCUT2D eigenvalue weighted by Crippen LogP contribution is -2.22. The predicted octanol–water partition coefficient (Wildman–Crippen LogP) is 7.34. The second kappa shape index (κ2) is 36.4. The standard InChI is InChI=1S/2C10H24N2.C6H14.C3H8/c2*1-5-11(3)9-7-8-10-12(4)6-2;1-3-5-6-4-2;1-3-2/h2*5-10H2,1-4H3;3-6H2,1-2H3;3H2,1-2H3. The highest BCUT2D eigenvalue weighted by Gasteiger charge is 1.97. The van der Waals surface area contributed by atoms with Crippen molar-refractivity contribution in [2.24, 2.45) is 0 Å². The van der Waals surface area contributed by atoms with Crippen LogP contribution in [0.3, 0.4) is 0 Å². The third kappa shape index (κ3) is 45.9. The molecule has 206 valence electrons. The van der Waals surface area contributed by atoms with E-state index in [2.05, 4.69) is 103 Å². The van der Waals surface area contributed by atoms with Gasteiger partial charge in [-0.2, -0.15) is 0 Å². The lowest BCUT2D eigenvalue weighted by atomic mass is 10.2. The zero-order chi connectivity index (χ0) is 26.3. The highest BCUT2D eigenvalue weighted by molar-refractivity contribution is 4.53. The van der Waals surface area contributed by atoms with Gasteiger partial charge in [0.1, 0.15) is 0 Å². The van der Waals surface area contributed by atoms with Gasteiger partial charge in [0.25, 0.3) is 0 Å². The molecule has 0 aromatic heterocycles. The van der Waals surface area contributed by atoms with Gasteiger partial charge < -0.3 is 19.6 Å². The maximum atomic E-state index is 2.37. The Labute approximate surface area is 213 Å². The SMILES string of the molecule is CCC.CCCCCC.CCN(C)CCCCN(C)CC.CCN(C)CCCCN(C)CC. The molecular formula is C29H70N4. The normalized spacial score (nSPS) is 10.5. The molecule has 33 heavy (non-hydrogen) atoms. The third-order valence-electron chi connectivity index (χ3n) is 5.78. The fourth-order valence-corrected chi connectivity index (χ4v) is 2.66. The molecule has 0 amide bonds. The molecule has 0 aromatic rings. The van der Waals surface area contributed by atoms with Gasteiger partial charge >= 0.3 is 0 Å². The zero-order valence-corrected chi connectivity index (χ0v) is 25.8. The lowest BCUT2D eigenvalue weighted by Gasteiger charge is -2.16. The first-order valence-corrected chi connectivity index (χ1v) is 14.5. The Morgan fingerprint density at radius 2 is 0.515 bits per heavy atom. The Balaban J connectivity index is -0.000000188. The molecule has 0 N–H and O–H groups in total. The monoisotopic (exact) mass is 475 g/mol. The van der Waals surface area contributed by atoms with Crippen LogP contribution in [0.2, 0.25) is 0 Å². The molecule has 0 atom stereocenters. The van der Waals surface area contributed by atoms with Crippen LogP contribution in [0, 0.1) is 0 Å². The van der Waals surface area contributed by atoms with Crippen LogP contribution < -0.4 is 0 Å². The smallest absolute Gasteiger partial charge is 0.00214 e. The van der Waals surface area contributed by atoms with E-state index in [0.29, 0.717) is 0 Å². The molecule has 0 saturated heterocycles. The molecule has 0 aliphatic rings. The zero-order valence-electron chi connectivity index (χ0n) is 25.8. The average molecular weight is 475 g/mol. The van der Waals surface area contributed by atoms with E-state index in [-0.39, 0.29) is 0 Å². The molecule has 0 spiro atoms. The minimum Gasteiger partial charge on any atom is -0.307 e. The van der Waals surface area contributed by atoms with E-state index in [0.717, 1.165) is 0 Å². The maximum absolute atomic E-state index is 2.37. The quantitative estimate of drug-likeness (QED) is 0.204. The van der Waals surface area contributed by atoms with E-state index in [1.165, 1.54) is 110 Å². The molecule has 0 aliphatic carbocycles. The van der Waals surface area contributed by atoms with Crippen LogP contribution in [-0.2, 0) is 0 Å². The summed E-state index contributed by atoms with van der Waals surface area (Å²) in [4.78, 5) is 9.47. The molecule has 0 heterocycles. The first-order valence-electron chi connectivity index (χ1n) is 14.5. The van der Waals surface area contributed by atoms with Crippen molar-refractivity contribution in [2.45, 2.75) is 113 Å². The van der Waals surface area contributed by atoms with E-state index in [1.807, 2.05) is 0 Å². The van der Waals surface area contributed by atoms with E-state index < -0.39 is 0 Å². The molecule has 0 saturated carbocycles. The number of nitrogens with zero attached hydrogens (tertiary/aromatic N) is 4. The molecule has 0 unspecified atom stereocenters. The van der Waals surface area contributed by atoms with Gasteiger partial charge in [-0.25, -0.2) is 0 Å². The summed E-state index contributed by atoms with van der Waals surface area (Å²) >= 11 is 0. The Hall–Kier alpha value is -0.160. The van der Waals surface area contributed by atoms with Crippen molar-refractivity contribution in [3.8, 4) is 0 Å². The molecule has 4 heteroatoms. The van der Waals surface area contributed by atoms with Gasteiger partial charge in [-0.15, -0.1) is 0 Å². The minimum absolute atomic E-state index is 1.17. The number of rotatable bonds is 17. The maximum Gasteiger partial charge on any atom is -0.00214 e. The summed E-state index contributed by atoms with van der Waals surface area (Å²) in [5.41, 5.74) is 0. The van der Waals surface area contributed by atoms with E-state index in [9.17, 15) is 0 Å². The highest BCUT2D eigenvalue weighted by atomic mass is 15.1. The van der Waals surface area contributed by atoms with Crippen LogP contribution in [0.1, 0.15) is 113 Å². The average Bonchev–Trinajstić information content (AvgIpc) is 2.83. The van der Waals surface area contributed by atoms with Gasteiger partial charge in [-0.1, -0.05) is 87.5 Å². The molecule has 0 aromatic carbocycles. The molecule has 0 aliphatic heterocycles. The summed E-state index contributed by atoms with van der Waals surface area (Å²) in [5, 5.41) is 0. The van der Waals surface area contributed by atoms with E-state index in [1.54, 1.807) is 0 Å². The van der Waals surface area contributed by atoms with Crippen LogP contribution in [-0.4, -0.2) is 100 Å². The highest BCUT2D eigenvalue weighted by Crippen LogP contribution is 1.96. The fourth-order valence-electron chi connectivity index (χ4n) is 2.66. The van der Waals surface area contributed by atoms with Crippen LogP contribution in [0.5, 0.6) is 0 Å². The molecular weight excluding hydrogens is 404 g/mol. The molecule has 0 bridgehead atoms. The molecule has 0 rings (SSSR count). The topological polar surface area (TPSA) is 13.0 Å². The summed E-state index contributed by atoms with van der Waals surface area (Å²) in [7, 11) is 8.74. The Morgan fingerprint density at radius 3 is 0.636 bits per heavy atom. The summed E-state index contributed by atoms with van der Waals surface area (Å²) in [6.07, 6.45) is 12.1. The van der Waals surface area contributed by atoms with Crippen molar-refractivity contribution < 1.29 is 0 Å². The lowest BCUT2D eigenvalue weighted by molar-refractivity contribution is 0.308.